The number of H-pyrrole nitrogens is 1. The van der Waals surface area contributed by atoms with Crippen molar-refractivity contribution in [2.45, 2.75) is 6.92 Å². The van der Waals surface area contributed by atoms with Gasteiger partial charge in [-0.05, 0) is 48.9 Å². The number of methoxy groups -OCH3 is 1. The number of anilines is 1. The molecule has 0 bridgehead atoms. The first-order chi connectivity index (χ1) is 13.5. The van der Waals surface area contributed by atoms with Crippen LogP contribution in [0.4, 0.5) is 10.1 Å². The van der Waals surface area contributed by atoms with E-state index in [2.05, 4.69) is 20.8 Å². The molecule has 0 aliphatic rings. The fourth-order valence-electron chi connectivity index (χ4n) is 2.66. The topological polar surface area (TPSA) is 96.1 Å². The summed E-state index contributed by atoms with van der Waals surface area (Å²) in [5, 5.41) is 11.9. The normalized spacial score (nSPS) is 10.4. The number of amides is 2. The minimum atomic E-state index is -0.473. The summed E-state index contributed by atoms with van der Waals surface area (Å²) in [6, 6.07) is 11.1. The van der Waals surface area contributed by atoms with E-state index in [-0.39, 0.29) is 17.9 Å². The van der Waals surface area contributed by atoms with Crippen LogP contribution in [0.3, 0.4) is 0 Å². The molecule has 144 valence electrons. The molecule has 8 heteroatoms. The van der Waals surface area contributed by atoms with Crippen molar-refractivity contribution in [2.75, 3.05) is 19.0 Å². The third-order valence-electron chi connectivity index (χ3n) is 4.06. The van der Waals surface area contributed by atoms with Gasteiger partial charge in [-0.1, -0.05) is 6.07 Å². The fraction of sp³-hybridized carbons (Fsp3) is 0.150. The second kappa shape index (κ2) is 8.34. The minimum absolute atomic E-state index is 0.232. The predicted octanol–water partition coefficient (Wildman–Crippen LogP) is 2.90. The van der Waals surface area contributed by atoms with E-state index in [4.69, 9.17) is 4.74 Å². The van der Waals surface area contributed by atoms with Gasteiger partial charge in [0, 0.05) is 5.56 Å². The van der Waals surface area contributed by atoms with Gasteiger partial charge in [0.25, 0.3) is 5.91 Å². The van der Waals surface area contributed by atoms with Crippen LogP contribution in [0.25, 0.3) is 11.3 Å². The highest BCUT2D eigenvalue weighted by molar-refractivity contribution is 6.02. The average Bonchev–Trinajstić information content (AvgIpc) is 3.17. The number of carbonyl (C=O) groups is 2. The number of aryl methyl sites for hydroxylation is 1. The molecule has 0 spiro atoms. The molecule has 0 fully saturated rings. The molecule has 1 heterocycles. The summed E-state index contributed by atoms with van der Waals surface area (Å²) in [4.78, 5) is 24.7. The highest BCUT2D eigenvalue weighted by atomic mass is 19.1. The Labute approximate surface area is 160 Å². The van der Waals surface area contributed by atoms with Crippen LogP contribution in [-0.2, 0) is 4.79 Å². The lowest BCUT2D eigenvalue weighted by Crippen LogP contribution is -2.33. The molecule has 0 aliphatic carbocycles. The van der Waals surface area contributed by atoms with Crippen molar-refractivity contribution in [1.82, 2.24) is 15.5 Å². The van der Waals surface area contributed by atoms with Crippen molar-refractivity contribution in [1.29, 1.82) is 0 Å². The number of ether oxygens (including phenoxy) is 1. The van der Waals surface area contributed by atoms with Gasteiger partial charge in [-0.2, -0.15) is 5.10 Å². The Morgan fingerprint density at radius 2 is 1.93 bits per heavy atom. The van der Waals surface area contributed by atoms with E-state index in [0.29, 0.717) is 22.7 Å². The smallest absolute Gasteiger partial charge is 0.255 e. The summed E-state index contributed by atoms with van der Waals surface area (Å²) in [6.07, 6.45) is 1.36. The lowest BCUT2D eigenvalue weighted by molar-refractivity contribution is -0.115. The van der Waals surface area contributed by atoms with E-state index in [1.807, 2.05) is 13.0 Å². The van der Waals surface area contributed by atoms with Crippen LogP contribution >= 0.6 is 0 Å². The maximum Gasteiger partial charge on any atom is 0.255 e. The van der Waals surface area contributed by atoms with Crippen molar-refractivity contribution in [3.8, 4) is 17.0 Å². The largest absolute Gasteiger partial charge is 0.495 e. The van der Waals surface area contributed by atoms with Crippen LogP contribution in [0.2, 0.25) is 0 Å². The van der Waals surface area contributed by atoms with Gasteiger partial charge in [-0.3, -0.25) is 14.7 Å². The first-order valence-electron chi connectivity index (χ1n) is 8.50. The first kappa shape index (κ1) is 19.1. The third kappa shape index (κ3) is 4.35. The van der Waals surface area contributed by atoms with Crippen LogP contribution in [0.5, 0.6) is 5.75 Å². The van der Waals surface area contributed by atoms with Crippen LogP contribution in [0, 0.1) is 12.7 Å². The van der Waals surface area contributed by atoms with Gasteiger partial charge in [-0.25, -0.2) is 4.39 Å². The van der Waals surface area contributed by atoms with E-state index < -0.39 is 11.8 Å². The fourth-order valence-corrected chi connectivity index (χ4v) is 2.66. The van der Waals surface area contributed by atoms with Gasteiger partial charge in [0.15, 0.2) is 0 Å². The maximum atomic E-state index is 13.1. The molecular weight excluding hydrogens is 363 g/mol. The summed E-state index contributed by atoms with van der Waals surface area (Å²) in [5.74, 6) is -0.722. The number of rotatable bonds is 6. The molecule has 2 amide bonds. The molecular formula is C20H19FN4O3. The molecule has 0 aliphatic heterocycles. The molecule has 0 saturated heterocycles. The number of nitrogens with one attached hydrogen (secondary N) is 3. The quantitative estimate of drug-likeness (QED) is 0.611. The van der Waals surface area contributed by atoms with Crippen molar-refractivity contribution in [2.24, 2.45) is 0 Å². The molecule has 3 aromatic rings. The lowest BCUT2D eigenvalue weighted by atomic mass is 10.1. The zero-order valence-corrected chi connectivity index (χ0v) is 15.4. The Bertz CT molecular complexity index is 999. The Hall–Kier alpha value is -3.68. The highest BCUT2D eigenvalue weighted by Gasteiger charge is 2.16. The molecule has 0 unspecified atom stereocenters. The van der Waals surface area contributed by atoms with Crippen LogP contribution in [-0.4, -0.2) is 35.7 Å². The summed E-state index contributed by atoms with van der Waals surface area (Å²) in [5.41, 5.74) is 2.79. The Balaban J connectivity index is 1.65. The number of nitrogens with zero attached hydrogens (tertiary/aromatic N) is 1. The molecule has 1 aromatic heterocycles. The summed E-state index contributed by atoms with van der Waals surface area (Å²) >= 11 is 0. The van der Waals surface area contributed by atoms with Crippen molar-refractivity contribution >= 4 is 17.5 Å². The Morgan fingerprint density at radius 1 is 1.18 bits per heavy atom. The first-order valence-corrected chi connectivity index (χ1v) is 8.50. The standard InChI is InChI=1S/C20H19FN4O3/c1-12-3-8-17(28-2)16(9-12)24-18(26)11-22-20(27)15-10-23-25-19(15)13-4-6-14(21)7-5-13/h3-10H,11H2,1-2H3,(H,22,27)(H,23,25)(H,24,26). The number of halogens is 1. The minimum Gasteiger partial charge on any atom is -0.495 e. The Morgan fingerprint density at radius 3 is 2.64 bits per heavy atom. The summed E-state index contributed by atoms with van der Waals surface area (Å²) in [6.45, 7) is 1.66. The summed E-state index contributed by atoms with van der Waals surface area (Å²) in [7, 11) is 1.51. The number of hydrogen-bond acceptors (Lipinski definition) is 4. The molecule has 0 radical (unpaired) electrons. The molecule has 2 aromatic carbocycles. The molecule has 0 saturated carbocycles. The van der Waals surface area contributed by atoms with Gasteiger partial charge in [0.05, 0.1) is 36.8 Å². The van der Waals surface area contributed by atoms with Crippen LogP contribution in [0.1, 0.15) is 15.9 Å². The zero-order valence-electron chi connectivity index (χ0n) is 15.4. The molecule has 0 atom stereocenters. The van der Waals surface area contributed by atoms with Gasteiger partial charge in [0.1, 0.15) is 11.6 Å². The number of carbonyl (C=O) groups excluding carboxylic acids is 2. The number of benzene rings is 2. The zero-order chi connectivity index (χ0) is 20.1. The monoisotopic (exact) mass is 382 g/mol. The van der Waals surface area contributed by atoms with Gasteiger partial charge in [0.2, 0.25) is 5.91 Å². The van der Waals surface area contributed by atoms with Gasteiger partial charge < -0.3 is 15.4 Å². The van der Waals surface area contributed by atoms with E-state index >= 15 is 0 Å². The average molecular weight is 382 g/mol. The van der Waals surface area contributed by atoms with Crippen LogP contribution < -0.4 is 15.4 Å². The van der Waals surface area contributed by atoms with E-state index in [1.54, 1.807) is 12.1 Å². The molecule has 3 N–H and O–H groups in total. The third-order valence-corrected chi connectivity index (χ3v) is 4.06. The van der Waals surface area contributed by atoms with E-state index in [9.17, 15) is 14.0 Å². The second-order valence-corrected chi connectivity index (χ2v) is 6.10. The predicted molar refractivity (Wildman–Crippen MR) is 103 cm³/mol. The van der Waals surface area contributed by atoms with E-state index in [0.717, 1.165) is 5.56 Å². The van der Waals surface area contributed by atoms with Crippen molar-refractivity contribution in [3.05, 3.63) is 65.6 Å². The van der Waals surface area contributed by atoms with Crippen LogP contribution in [0.15, 0.2) is 48.7 Å². The van der Waals surface area contributed by atoms with E-state index in [1.165, 1.54) is 37.6 Å². The molecule has 28 heavy (non-hydrogen) atoms. The van der Waals surface area contributed by atoms with Crippen molar-refractivity contribution in [3.63, 3.8) is 0 Å². The second-order valence-electron chi connectivity index (χ2n) is 6.10. The molecule has 7 nitrogen and oxygen atoms in total. The number of hydrogen-bond donors (Lipinski definition) is 3. The highest BCUT2D eigenvalue weighted by Crippen LogP contribution is 2.25. The van der Waals surface area contributed by atoms with Gasteiger partial charge >= 0.3 is 0 Å². The molecule has 3 rings (SSSR count). The Kier molecular flexibility index (Phi) is 5.69. The number of aromatic amines is 1. The lowest BCUT2D eigenvalue weighted by Gasteiger charge is -2.11. The van der Waals surface area contributed by atoms with Gasteiger partial charge in [-0.15, -0.1) is 0 Å². The van der Waals surface area contributed by atoms with Crippen molar-refractivity contribution < 1.29 is 18.7 Å². The number of aromatic nitrogens is 2. The maximum absolute atomic E-state index is 13.1. The summed E-state index contributed by atoms with van der Waals surface area (Å²) < 4.78 is 18.3. The SMILES string of the molecule is COc1ccc(C)cc1NC(=O)CNC(=O)c1cn[nH]c1-c1ccc(F)cc1.